The molecule has 2 aliphatic rings. The molecule has 9 nitrogen and oxygen atoms in total. The van der Waals surface area contributed by atoms with Gasteiger partial charge in [-0.05, 0) is 25.7 Å². The summed E-state index contributed by atoms with van der Waals surface area (Å²) in [4.78, 5) is 4.44. The highest BCUT2D eigenvalue weighted by Crippen LogP contribution is 2.21. The SMILES string of the molecule is CN=C(NCC1CCc2nnc(C)n2C1)NC1CCc2nnc(C(C)C)n2C1. The van der Waals surface area contributed by atoms with Crippen LogP contribution in [0.25, 0.3) is 0 Å². The molecule has 2 aromatic heterocycles. The quantitative estimate of drug-likeness (QED) is 0.603. The van der Waals surface area contributed by atoms with Crippen LogP contribution in [0.1, 0.15) is 55.9 Å². The molecule has 9 heteroatoms. The van der Waals surface area contributed by atoms with Gasteiger partial charge in [0.2, 0.25) is 0 Å². The Morgan fingerprint density at radius 2 is 1.82 bits per heavy atom. The van der Waals surface area contributed by atoms with Crippen LogP contribution in [-0.2, 0) is 25.9 Å². The number of hydrogen-bond donors (Lipinski definition) is 2. The lowest BCUT2D eigenvalue weighted by atomic mass is 9.99. The zero-order chi connectivity index (χ0) is 19.7. The third kappa shape index (κ3) is 3.74. The van der Waals surface area contributed by atoms with Gasteiger partial charge in [0.1, 0.15) is 23.3 Å². The molecule has 0 spiro atoms. The number of hydrogen-bond acceptors (Lipinski definition) is 5. The number of aliphatic imine (C=N–C) groups is 1. The van der Waals surface area contributed by atoms with Gasteiger partial charge in [-0.25, -0.2) is 0 Å². The number of nitrogens with zero attached hydrogens (tertiary/aromatic N) is 7. The van der Waals surface area contributed by atoms with E-state index >= 15 is 0 Å². The summed E-state index contributed by atoms with van der Waals surface area (Å²) in [7, 11) is 1.84. The van der Waals surface area contributed by atoms with Crippen LogP contribution in [0.5, 0.6) is 0 Å². The molecule has 28 heavy (non-hydrogen) atoms. The van der Waals surface area contributed by atoms with Crippen molar-refractivity contribution >= 4 is 5.96 Å². The summed E-state index contributed by atoms with van der Waals surface area (Å²) in [6.07, 6.45) is 4.12. The average molecular weight is 386 g/mol. The van der Waals surface area contributed by atoms with Crippen LogP contribution in [0.3, 0.4) is 0 Å². The van der Waals surface area contributed by atoms with E-state index in [0.717, 1.165) is 74.6 Å². The number of nitrogens with one attached hydrogen (secondary N) is 2. The standard InChI is InChI=1S/C19H31N9/c1-12(2)18-26-25-17-8-6-15(11-28(17)18)22-19(20-4)21-9-14-5-7-16-24-23-13(3)27(16)10-14/h12,14-15H,5-11H2,1-4H3,(H2,20,21,22). The molecule has 2 aliphatic heterocycles. The summed E-state index contributed by atoms with van der Waals surface area (Å²) in [6, 6.07) is 0.338. The maximum absolute atomic E-state index is 4.44. The fourth-order valence-corrected chi connectivity index (χ4v) is 4.22. The van der Waals surface area contributed by atoms with E-state index < -0.39 is 0 Å². The predicted molar refractivity (Wildman–Crippen MR) is 107 cm³/mol. The van der Waals surface area contributed by atoms with E-state index in [-0.39, 0.29) is 0 Å². The van der Waals surface area contributed by atoms with Crippen molar-refractivity contribution in [3.63, 3.8) is 0 Å². The van der Waals surface area contributed by atoms with Gasteiger partial charge in [-0.15, -0.1) is 20.4 Å². The lowest BCUT2D eigenvalue weighted by Crippen LogP contribution is -2.48. The van der Waals surface area contributed by atoms with Crippen LogP contribution in [0.15, 0.2) is 4.99 Å². The molecule has 0 amide bonds. The summed E-state index contributed by atoms with van der Waals surface area (Å²) in [5, 5.41) is 24.3. The minimum atomic E-state index is 0.338. The molecule has 0 bridgehead atoms. The van der Waals surface area contributed by atoms with Crippen molar-refractivity contribution in [2.45, 2.75) is 71.5 Å². The van der Waals surface area contributed by atoms with Crippen LogP contribution in [0, 0.1) is 12.8 Å². The molecule has 2 N–H and O–H groups in total. The highest BCUT2D eigenvalue weighted by Gasteiger charge is 2.25. The number of fused-ring (bicyclic) bond motifs is 2. The maximum atomic E-state index is 4.44. The Kier molecular flexibility index (Phi) is 5.32. The van der Waals surface area contributed by atoms with E-state index in [1.54, 1.807) is 0 Å². The molecule has 4 heterocycles. The van der Waals surface area contributed by atoms with Crippen molar-refractivity contribution in [1.29, 1.82) is 0 Å². The lowest BCUT2D eigenvalue weighted by Gasteiger charge is -2.29. The Balaban J connectivity index is 1.32. The summed E-state index contributed by atoms with van der Waals surface area (Å²) >= 11 is 0. The fraction of sp³-hybridized carbons (Fsp3) is 0.737. The highest BCUT2D eigenvalue weighted by atomic mass is 15.3. The minimum Gasteiger partial charge on any atom is -0.356 e. The number of aryl methyl sites for hydroxylation is 3. The monoisotopic (exact) mass is 385 g/mol. The Hall–Kier alpha value is -2.45. The number of guanidine groups is 1. The van der Waals surface area contributed by atoms with Crippen molar-refractivity contribution in [2.75, 3.05) is 13.6 Å². The van der Waals surface area contributed by atoms with E-state index in [0.29, 0.717) is 17.9 Å². The third-order valence-corrected chi connectivity index (χ3v) is 5.84. The molecular weight excluding hydrogens is 354 g/mol. The summed E-state index contributed by atoms with van der Waals surface area (Å²) in [5.41, 5.74) is 0. The topological polar surface area (TPSA) is 97.8 Å². The van der Waals surface area contributed by atoms with E-state index in [9.17, 15) is 0 Å². The molecule has 2 aromatic rings. The summed E-state index contributed by atoms with van der Waals surface area (Å²) < 4.78 is 4.52. The second kappa shape index (κ2) is 7.89. The molecule has 152 valence electrons. The predicted octanol–water partition coefficient (Wildman–Crippen LogP) is 1.04. The number of rotatable bonds is 4. The normalized spacial score (nSPS) is 22.1. The lowest BCUT2D eigenvalue weighted by molar-refractivity contribution is 0.355. The van der Waals surface area contributed by atoms with Crippen LogP contribution < -0.4 is 10.6 Å². The zero-order valence-corrected chi connectivity index (χ0v) is 17.3. The van der Waals surface area contributed by atoms with Crippen LogP contribution in [0.4, 0.5) is 0 Å². The largest absolute Gasteiger partial charge is 0.356 e. The Morgan fingerprint density at radius 1 is 1.07 bits per heavy atom. The molecule has 0 fully saturated rings. The Bertz CT molecular complexity index is 848. The molecule has 2 atom stereocenters. The van der Waals surface area contributed by atoms with Crippen molar-refractivity contribution < 1.29 is 0 Å². The van der Waals surface area contributed by atoms with Gasteiger partial charge in [0.25, 0.3) is 0 Å². The second-order valence-corrected chi connectivity index (χ2v) is 8.25. The first-order chi connectivity index (χ1) is 13.5. The van der Waals surface area contributed by atoms with Gasteiger partial charge in [0.15, 0.2) is 5.96 Å². The molecule has 0 aliphatic carbocycles. The third-order valence-electron chi connectivity index (χ3n) is 5.84. The molecular formula is C19H31N9. The average Bonchev–Trinajstić information content (AvgIpc) is 3.28. The number of aromatic nitrogens is 6. The van der Waals surface area contributed by atoms with Gasteiger partial charge in [0.05, 0.1) is 0 Å². The zero-order valence-electron chi connectivity index (χ0n) is 17.3. The van der Waals surface area contributed by atoms with Gasteiger partial charge >= 0.3 is 0 Å². The van der Waals surface area contributed by atoms with Crippen LogP contribution in [0.2, 0.25) is 0 Å². The van der Waals surface area contributed by atoms with E-state index in [1.807, 2.05) is 14.0 Å². The van der Waals surface area contributed by atoms with E-state index in [1.165, 1.54) is 0 Å². The second-order valence-electron chi connectivity index (χ2n) is 8.25. The van der Waals surface area contributed by atoms with Gasteiger partial charge < -0.3 is 19.8 Å². The molecule has 0 saturated carbocycles. The Labute approximate surface area is 166 Å². The summed E-state index contributed by atoms with van der Waals surface area (Å²) in [6.45, 7) is 9.13. The van der Waals surface area contributed by atoms with E-state index in [4.69, 9.17) is 0 Å². The van der Waals surface area contributed by atoms with Crippen molar-refractivity contribution in [1.82, 2.24) is 40.2 Å². The Morgan fingerprint density at radius 3 is 2.61 bits per heavy atom. The molecule has 0 radical (unpaired) electrons. The van der Waals surface area contributed by atoms with Crippen molar-refractivity contribution in [3.8, 4) is 0 Å². The van der Waals surface area contributed by atoms with E-state index in [2.05, 4.69) is 59.0 Å². The van der Waals surface area contributed by atoms with Gasteiger partial charge in [0, 0.05) is 51.5 Å². The van der Waals surface area contributed by atoms with Gasteiger partial charge in [-0.2, -0.15) is 0 Å². The molecule has 2 unspecified atom stereocenters. The maximum Gasteiger partial charge on any atom is 0.191 e. The first-order valence-electron chi connectivity index (χ1n) is 10.3. The first-order valence-corrected chi connectivity index (χ1v) is 10.3. The first kappa shape index (κ1) is 18.9. The summed E-state index contributed by atoms with van der Waals surface area (Å²) in [5.74, 6) is 6.12. The molecule has 0 saturated heterocycles. The van der Waals surface area contributed by atoms with Crippen LogP contribution >= 0.6 is 0 Å². The molecule has 4 rings (SSSR count). The van der Waals surface area contributed by atoms with Crippen LogP contribution in [-0.4, -0.2) is 55.1 Å². The van der Waals surface area contributed by atoms with Gasteiger partial charge in [-0.1, -0.05) is 13.8 Å². The van der Waals surface area contributed by atoms with Gasteiger partial charge in [-0.3, -0.25) is 4.99 Å². The molecule has 0 aromatic carbocycles. The highest BCUT2D eigenvalue weighted by molar-refractivity contribution is 5.79. The fourth-order valence-electron chi connectivity index (χ4n) is 4.22. The van der Waals surface area contributed by atoms with Crippen molar-refractivity contribution in [3.05, 3.63) is 23.3 Å². The minimum absolute atomic E-state index is 0.338. The smallest absolute Gasteiger partial charge is 0.191 e. The van der Waals surface area contributed by atoms with Crippen molar-refractivity contribution in [2.24, 2.45) is 10.9 Å².